The molecule has 2 aliphatic rings. The molecule has 2 aliphatic heterocycles. The van der Waals surface area contributed by atoms with E-state index in [0.29, 0.717) is 60.4 Å². The van der Waals surface area contributed by atoms with Gasteiger partial charge in [-0.05, 0) is 117 Å². The van der Waals surface area contributed by atoms with Gasteiger partial charge in [-0.3, -0.25) is 19.4 Å². The lowest BCUT2D eigenvalue weighted by molar-refractivity contribution is 0.0606. The first-order valence-electron chi connectivity index (χ1n) is 19.7. The van der Waals surface area contributed by atoms with E-state index < -0.39 is 0 Å². The summed E-state index contributed by atoms with van der Waals surface area (Å²) in [5.74, 6) is 3.40. The summed E-state index contributed by atoms with van der Waals surface area (Å²) in [5.41, 5.74) is 6.33. The highest BCUT2D eigenvalue weighted by Gasteiger charge is 2.25. The molecule has 0 atom stereocenters. The Morgan fingerprint density at radius 2 is 0.893 bits per heavy atom. The number of carbonyl (C=O) groups excluding carboxylic acids is 2. The average Bonchev–Trinajstić information content (AvgIpc) is 3.24. The second-order valence-electron chi connectivity index (χ2n) is 14.2. The van der Waals surface area contributed by atoms with Crippen LogP contribution in [0.2, 0.25) is 0 Å². The van der Waals surface area contributed by atoms with Gasteiger partial charge in [0, 0.05) is 63.5 Å². The van der Waals surface area contributed by atoms with Gasteiger partial charge in [0.05, 0.1) is 34.5 Å². The Hall–Kier alpha value is -5.26. The molecule has 0 saturated carbocycles. The summed E-state index contributed by atoms with van der Waals surface area (Å²) in [7, 11) is 4.88. The van der Waals surface area contributed by atoms with Gasteiger partial charge in [0.25, 0.3) is 11.8 Å². The third kappa shape index (κ3) is 9.39. The smallest absolute Gasteiger partial charge is 0.253 e. The lowest BCUT2D eigenvalue weighted by Crippen LogP contribution is -2.50. The van der Waals surface area contributed by atoms with Gasteiger partial charge in [-0.1, -0.05) is 24.3 Å². The summed E-state index contributed by atoms with van der Waals surface area (Å²) in [6, 6.07) is 23.5. The molecule has 0 bridgehead atoms. The Bertz CT molecular complexity index is 1910. The van der Waals surface area contributed by atoms with E-state index in [0.717, 1.165) is 92.3 Å². The molecular formula is C45H56N4O7. The van der Waals surface area contributed by atoms with Crippen LogP contribution in [0, 0.1) is 6.92 Å². The van der Waals surface area contributed by atoms with Crippen LogP contribution in [-0.4, -0.2) is 131 Å². The summed E-state index contributed by atoms with van der Waals surface area (Å²) in [4.78, 5) is 35.6. The van der Waals surface area contributed by atoms with Gasteiger partial charge < -0.3 is 33.5 Å². The van der Waals surface area contributed by atoms with Crippen molar-refractivity contribution in [3.8, 4) is 51.0 Å². The molecule has 0 N–H and O–H groups in total. The minimum Gasteiger partial charge on any atom is -0.493 e. The Morgan fingerprint density at radius 1 is 0.518 bits per heavy atom. The first kappa shape index (κ1) is 40.4. The lowest BCUT2D eigenvalue weighted by Gasteiger charge is -2.37. The highest BCUT2D eigenvalue weighted by molar-refractivity contribution is 5.95. The van der Waals surface area contributed by atoms with Gasteiger partial charge in [-0.15, -0.1) is 0 Å². The molecule has 6 rings (SSSR count). The zero-order valence-corrected chi connectivity index (χ0v) is 33.8. The Morgan fingerprint density at radius 3 is 1.29 bits per heavy atom. The van der Waals surface area contributed by atoms with E-state index in [9.17, 15) is 9.59 Å². The predicted octanol–water partition coefficient (Wildman–Crippen LogP) is 6.76. The highest BCUT2D eigenvalue weighted by atomic mass is 16.5. The number of hydrogen-bond acceptors (Lipinski definition) is 9. The first-order chi connectivity index (χ1) is 27.3. The molecule has 2 fully saturated rings. The maximum absolute atomic E-state index is 13.4. The van der Waals surface area contributed by atoms with Crippen molar-refractivity contribution in [2.75, 3.05) is 100.0 Å². The van der Waals surface area contributed by atoms with Crippen molar-refractivity contribution in [3.05, 3.63) is 89.5 Å². The van der Waals surface area contributed by atoms with Crippen LogP contribution in [0.3, 0.4) is 0 Å². The molecular weight excluding hydrogens is 709 g/mol. The monoisotopic (exact) mass is 764 g/mol. The van der Waals surface area contributed by atoms with E-state index in [-0.39, 0.29) is 11.8 Å². The number of rotatable bonds is 15. The average molecular weight is 765 g/mol. The van der Waals surface area contributed by atoms with Crippen molar-refractivity contribution in [2.45, 2.75) is 27.2 Å². The fourth-order valence-corrected chi connectivity index (χ4v) is 7.57. The van der Waals surface area contributed by atoms with Crippen LogP contribution in [0.15, 0.2) is 72.8 Å². The number of benzene rings is 4. The molecule has 0 unspecified atom stereocenters. The molecule has 2 saturated heterocycles. The minimum atomic E-state index is 0.0600. The third-order valence-corrected chi connectivity index (χ3v) is 10.7. The van der Waals surface area contributed by atoms with Crippen molar-refractivity contribution < 1.29 is 33.3 Å². The summed E-state index contributed by atoms with van der Waals surface area (Å²) in [6.07, 6.45) is 1.06. The zero-order chi connectivity index (χ0) is 39.6. The van der Waals surface area contributed by atoms with Crippen molar-refractivity contribution >= 4 is 11.8 Å². The second-order valence-corrected chi connectivity index (χ2v) is 14.2. The maximum atomic E-state index is 13.4. The van der Waals surface area contributed by atoms with Crippen LogP contribution >= 0.6 is 0 Å². The first-order valence-corrected chi connectivity index (χ1v) is 19.7. The molecule has 2 amide bonds. The largest absolute Gasteiger partial charge is 0.493 e. The van der Waals surface area contributed by atoms with Crippen molar-refractivity contribution in [2.24, 2.45) is 0 Å². The number of methoxy groups -OCH3 is 3. The molecule has 11 heteroatoms. The van der Waals surface area contributed by atoms with Gasteiger partial charge in [-0.2, -0.15) is 0 Å². The van der Waals surface area contributed by atoms with Crippen molar-refractivity contribution in [3.63, 3.8) is 0 Å². The van der Waals surface area contributed by atoms with Gasteiger partial charge in [-0.25, -0.2) is 0 Å². The standard InChI is InChI=1S/C45H56N4O7/c1-7-55-42-32(3)28-37(29-39(42)52-4)33-10-14-35(15-11-33)44(50)48-24-20-46(21-25-48)18-9-19-47-22-26-49(27-23-47)45(51)36-16-12-34(13-17-36)38-30-40(53-5)43(56-8-2)41(31-38)54-6/h10-17,28-31H,7-9,18-27H2,1-6H3. The van der Waals surface area contributed by atoms with Gasteiger partial charge >= 0.3 is 0 Å². The Labute approximate surface area is 331 Å². The fourth-order valence-electron chi connectivity index (χ4n) is 7.57. The van der Waals surface area contributed by atoms with Crippen LogP contribution in [0.1, 0.15) is 46.5 Å². The minimum absolute atomic E-state index is 0.0600. The third-order valence-electron chi connectivity index (χ3n) is 10.7. The van der Waals surface area contributed by atoms with E-state index >= 15 is 0 Å². The number of hydrogen-bond donors (Lipinski definition) is 0. The maximum Gasteiger partial charge on any atom is 0.253 e. The highest BCUT2D eigenvalue weighted by Crippen LogP contribution is 2.41. The molecule has 0 spiro atoms. The Balaban J connectivity index is 0.918. The van der Waals surface area contributed by atoms with Gasteiger partial charge in [0.1, 0.15) is 0 Å². The van der Waals surface area contributed by atoms with Gasteiger partial charge in [0.2, 0.25) is 5.75 Å². The number of piperazine rings is 2. The number of carbonyl (C=O) groups is 2. The van der Waals surface area contributed by atoms with Crippen molar-refractivity contribution in [1.29, 1.82) is 0 Å². The molecule has 0 radical (unpaired) electrons. The number of aryl methyl sites for hydroxylation is 1. The van der Waals surface area contributed by atoms with Crippen LogP contribution < -0.4 is 23.7 Å². The van der Waals surface area contributed by atoms with E-state index in [4.69, 9.17) is 23.7 Å². The van der Waals surface area contributed by atoms with E-state index in [2.05, 4.69) is 15.9 Å². The lowest BCUT2D eigenvalue weighted by atomic mass is 10.0. The van der Waals surface area contributed by atoms with Crippen LogP contribution in [0.5, 0.6) is 28.7 Å². The van der Waals surface area contributed by atoms with Crippen LogP contribution in [0.4, 0.5) is 0 Å². The molecule has 4 aromatic carbocycles. The Kier molecular flexibility index (Phi) is 13.8. The van der Waals surface area contributed by atoms with Crippen LogP contribution in [-0.2, 0) is 0 Å². The van der Waals surface area contributed by atoms with Gasteiger partial charge in [0.15, 0.2) is 23.0 Å². The summed E-state index contributed by atoms with van der Waals surface area (Å²) < 4.78 is 28.2. The predicted molar refractivity (Wildman–Crippen MR) is 220 cm³/mol. The molecule has 4 aromatic rings. The number of amides is 2. The zero-order valence-electron chi connectivity index (χ0n) is 33.8. The van der Waals surface area contributed by atoms with Crippen molar-refractivity contribution in [1.82, 2.24) is 19.6 Å². The molecule has 0 aromatic heterocycles. The van der Waals surface area contributed by atoms with E-state index in [1.54, 1.807) is 21.3 Å². The fraction of sp³-hybridized carbons (Fsp3) is 0.422. The number of nitrogens with zero attached hydrogens (tertiary/aromatic N) is 4. The second kappa shape index (κ2) is 19.1. The molecule has 2 heterocycles. The summed E-state index contributed by atoms with van der Waals surface area (Å²) >= 11 is 0. The molecule has 11 nitrogen and oxygen atoms in total. The topological polar surface area (TPSA) is 93.3 Å². The summed E-state index contributed by atoms with van der Waals surface area (Å²) in [6.45, 7) is 15.3. The molecule has 56 heavy (non-hydrogen) atoms. The van der Waals surface area contributed by atoms with Crippen LogP contribution in [0.25, 0.3) is 22.3 Å². The normalized spacial score (nSPS) is 15.0. The number of ether oxygens (including phenoxy) is 5. The molecule has 0 aliphatic carbocycles. The molecule has 298 valence electrons. The SMILES string of the molecule is CCOc1c(C)cc(-c2ccc(C(=O)N3CCN(CCCN4CCN(C(=O)c5ccc(-c6cc(OC)c(OCC)c(OC)c6)cc5)CC4)CC3)cc2)cc1OC. The van der Waals surface area contributed by atoms with E-state index in [1.165, 1.54) is 0 Å². The quantitative estimate of drug-likeness (QED) is 0.130. The van der Waals surface area contributed by atoms with E-state index in [1.807, 2.05) is 97.3 Å². The summed E-state index contributed by atoms with van der Waals surface area (Å²) in [5, 5.41) is 0.